The van der Waals surface area contributed by atoms with Gasteiger partial charge in [0.25, 0.3) is 0 Å². The van der Waals surface area contributed by atoms with Crippen LogP contribution in [0.4, 0.5) is 5.69 Å². The van der Waals surface area contributed by atoms with Gasteiger partial charge in [0.05, 0.1) is 6.61 Å². The van der Waals surface area contributed by atoms with E-state index in [9.17, 15) is 4.79 Å². The Bertz CT molecular complexity index is 515. The van der Waals surface area contributed by atoms with E-state index in [2.05, 4.69) is 17.6 Å². The Balaban J connectivity index is 0.00000176. The minimum absolute atomic E-state index is 0. The van der Waals surface area contributed by atoms with Crippen LogP contribution in [0.15, 0.2) is 24.3 Å². The average Bonchev–Trinajstić information content (AvgIpc) is 3.20. The summed E-state index contributed by atoms with van der Waals surface area (Å²) in [6.45, 7) is 4.88. The predicted molar refractivity (Wildman–Crippen MR) is 90.7 cm³/mol. The first-order valence-corrected chi connectivity index (χ1v) is 7.98. The van der Waals surface area contributed by atoms with E-state index >= 15 is 0 Å². The molecule has 1 aromatic rings. The highest BCUT2D eigenvalue weighted by Crippen LogP contribution is 2.58. The van der Waals surface area contributed by atoms with Crippen molar-refractivity contribution in [2.45, 2.75) is 32.6 Å². The molecule has 22 heavy (non-hydrogen) atoms. The molecule has 5 heteroatoms. The minimum Gasteiger partial charge on any atom is -0.494 e. The maximum absolute atomic E-state index is 12.4. The fourth-order valence-corrected chi connectivity index (χ4v) is 3.31. The van der Waals surface area contributed by atoms with Crippen LogP contribution in [0, 0.1) is 11.3 Å². The zero-order valence-electron chi connectivity index (χ0n) is 13.1. The summed E-state index contributed by atoms with van der Waals surface area (Å²) in [5.74, 6) is 1.19. The molecule has 1 heterocycles. The van der Waals surface area contributed by atoms with Crippen LogP contribution < -0.4 is 15.4 Å². The SMILES string of the molecule is CCCOc1cccc(NC(=O)C2CC23CCNCC3)c1.Cl. The zero-order valence-corrected chi connectivity index (χ0v) is 13.9. The van der Waals surface area contributed by atoms with Gasteiger partial charge in [-0.15, -0.1) is 12.4 Å². The first-order valence-electron chi connectivity index (χ1n) is 7.98. The van der Waals surface area contributed by atoms with Gasteiger partial charge in [0.2, 0.25) is 5.91 Å². The minimum atomic E-state index is 0. The van der Waals surface area contributed by atoms with E-state index in [1.54, 1.807) is 0 Å². The maximum atomic E-state index is 12.4. The van der Waals surface area contributed by atoms with Crippen molar-refractivity contribution in [2.24, 2.45) is 11.3 Å². The van der Waals surface area contributed by atoms with E-state index in [1.165, 1.54) is 0 Å². The van der Waals surface area contributed by atoms with Crippen molar-refractivity contribution < 1.29 is 9.53 Å². The van der Waals surface area contributed by atoms with E-state index in [0.717, 1.165) is 50.2 Å². The Morgan fingerprint density at radius 2 is 2.18 bits per heavy atom. The highest BCUT2D eigenvalue weighted by atomic mass is 35.5. The smallest absolute Gasteiger partial charge is 0.228 e. The third kappa shape index (κ3) is 3.73. The van der Waals surface area contributed by atoms with Crippen LogP contribution >= 0.6 is 12.4 Å². The lowest BCUT2D eigenvalue weighted by atomic mass is 9.92. The second kappa shape index (κ2) is 7.34. The Kier molecular flexibility index (Phi) is 5.70. The predicted octanol–water partition coefficient (Wildman–Crippen LogP) is 3.23. The lowest BCUT2D eigenvalue weighted by Crippen LogP contribution is -2.31. The number of nitrogens with one attached hydrogen (secondary N) is 2. The van der Waals surface area contributed by atoms with Crippen LogP contribution in [-0.4, -0.2) is 25.6 Å². The second-order valence-electron chi connectivity index (χ2n) is 6.23. The molecular formula is C17H25ClN2O2. The molecule has 1 unspecified atom stereocenters. The fourth-order valence-electron chi connectivity index (χ4n) is 3.31. The van der Waals surface area contributed by atoms with Gasteiger partial charge in [-0.2, -0.15) is 0 Å². The van der Waals surface area contributed by atoms with Crippen LogP contribution in [-0.2, 0) is 4.79 Å². The molecule has 2 N–H and O–H groups in total. The zero-order chi connectivity index (χ0) is 14.7. The molecule has 0 aromatic heterocycles. The molecule has 1 spiro atoms. The highest BCUT2D eigenvalue weighted by molar-refractivity contribution is 5.95. The van der Waals surface area contributed by atoms with Crippen molar-refractivity contribution in [3.05, 3.63) is 24.3 Å². The Hall–Kier alpha value is -1.26. The van der Waals surface area contributed by atoms with E-state index < -0.39 is 0 Å². The summed E-state index contributed by atoms with van der Waals surface area (Å²) in [5.41, 5.74) is 1.12. The summed E-state index contributed by atoms with van der Waals surface area (Å²) < 4.78 is 5.60. The highest BCUT2D eigenvalue weighted by Gasteiger charge is 2.57. The molecule has 3 rings (SSSR count). The number of hydrogen-bond donors (Lipinski definition) is 2. The molecule has 1 saturated heterocycles. The Labute approximate surface area is 138 Å². The number of piperidine rings is 1. The number of carbonyl (C=O) groups excluding carboxylic acids is 1. The van der Waals surface area contributed by atoms with E-state index in [1.807, 2.05) is 24.3 Å². The van der Waals surface area contributed by atoms with Crippen LogP contribution in [0.5, 0.6) is 5.75 Å². The number of ether oxygens (including phenoxy) is 1. The summed E-state index contributed by atoms with van der Waals surface area (Å²) in [6, 6.07) is 7.68. The normalized spacial score (nSPS) is 21.8. The lowest BCUT2D eigenvalue weighted by Gasteiger charge is -2.23. The van der Waals surface area contributed by atoms with Gasteiger partial charge in [0.15, 0.2) is 0 Å². The van der Waals surface area contributed by atoms with Crippen molar-refractivity contribution in [3.63, 3.8) is 0 Å². The number of rotatable bonds is 5. The largest absolute Gasteiger partial charge is 0.494 e. The van der Waals surface area contributed by atoms with Gasteiger partial charge in [0.1, 0.15) is 5.75 Å². The molecule has 122 valence electrons. The molecule has 1 aromatic carbocycles. The van der Waals surface area contributed by atoms with Crippen molar-refractivity contribution in [1.29, 1.82) is 0 Å². The summed E-state index contributed by atoms with van der Waals surface area (Å²) in [5, 5.41) is 6.42. The molecule has 1 amide bonds. The summed E-state index contributed by atoms with van der Waals surface area (Å²) in [6.07, 6.45) is 4.29. The van der Waals surface area contributed by atoms with Gasteiger partial charge in [-0.25, -0.2) is 0 Å². The fraction of sp³-hybridized carbons (Fsp3) is 0.588. The van der Waals surface area contributed by atoms with Gasteiger partial charge < -0.3 is 15.4 Å². The third-order valence-electron chi connectivity index (χ3n) is 4.68. The van der Waals surface area contributed by atoms with Gasteiger partial charge in [-0.05, 0) is 56.3 Å². The summed E-state index contributed by atoms with van der Waals surface area (Å²) >= 11 is 0. The monoisotopic (exact) mass is 324 g/mol. The van der Waals surface area contributed by atoms with Crippen molar-refractivity contribution >= 4 is 24.0 Å². The number of anilines is 1. The quantitative estimate of drug-likeness (QED) is 0.874. The number of benzene rings is 1. The topological polar surface area (TPSA) is 50.4 Å². The van der Waals surface area contributed by atoms with Crippen LogP contribution in [0.25, 0.3) is 0 Å². The number of halogens is 1. The maximum Gasteiger partial charge on any atom is 0.228 e. The van der Waals surface area contributed by atoms with Gasteiger partial charge in [-0.3, -0.25) is 4.79 Å². The summed E-state index contributed by atoms with van der Waals surface area (Å²) in [7, 11) is 0. The molecule has 0 bridgehead atoms. The van der Waals surface area contributed by atoms with Crippen LogP contribution in [0.2, 0.25) is 0 Å². The molecular weight excluding hydrogens is 300 g/mol. The van der Waals surface area contributed by atoms with Crippen LogP contribution in [0.1, 0.15) is 32.6 Å². The van der Waals surface area contributed by atoms with Crippen molar-refractivity contribution in [2.75, 3.05) is 25.0 Å². The molecule has 2 aliphatic rings. The van der Waals surface area contributed by atoms with Crippen LogP contribution in [0.3, 0.4) is 0 Å². The van der Waals surface area contributed by atoms with Gasteiger partial charge in [-0.1, -0.05) is 13.0 Å². The molecule has 0 radical (unpaired) electrons. The van der Waals surface area contributed by atoms with Crippen molar-refractivity contribution in [1.82, 2.24) is 5.32 Å². The average molecular weight is 325 g/mol. The molecule has 2 fully saturated rings. The number of carbonyl (C=O) groups is 1. The third-order valence-corrected chi connectivity index (χ3v) is 4.68. The summed E-state index contributed by atoms with van der Waals surface area (Å²) in [4.78, 5) is 12.4. The number of hydrogen-bond acceptors (Lipinski definition) is 3. The molecule has 1 atom stereocenters. The second-order valence-corrected chi connectivity index (χ2v) is 6.23. The number of amides is 1. The first-order chi connectivity index (χ1) is 10.2. The van der Waals surface area contributed by atoms with E-state index in [0.29, 0.717) is 6.61 Å². The van der Waals surface area contributed by atoms with Gasteiger partial charge >= 0.3 is 0 Å². The molecule has 4 nitrogen and oxygen atoms in total. The standard InChI is InChI=1S/C17H24N2O2.ClH/c1-2-10-21-14-5-3-4-13(11-14)19-16(20)15-12-17(15)6-8-18-9-7-17;/h3-5,11,15,18H,2,6-10,12H2,1H3,(H,19,20);1H. The molecule has 1 aliphatic carbocycles. The van der Waals surface area contributed by atoms with Gasteiger partial charge in [0, 0.05) is 17.7 Å². The lowest BCUT2D eigenvalue weighted by molar-refractivity contribution is -0.118. The molecule has 1 saturated carbocycles. The van der Waals surface area contributed by atoms with E-state index in [-0.39, 0.29) is 29.6 Å². The first kappa shape index (κ1) is 17.1. The Morgan fingerprint density at radius 3 is 2.91 bits per heavy atom. The Morgan fingerprint density at radius 1 is 1.41 bits per heavy atom. The van der Waals surface area contributed by atoms with Crippen molar-refractivity contribution in [3.8, 4) is 5.75 Å². The van der Waals surface area contributed by atoms with E-state index in [4.69, 9.17) is 4.74 Å². The molecule has 1 aliphatic heterocycles.